The van der Waals surface area contributed by atoms with Crippen molar-refractivity contribution in [3.8, 4) is 0 Å². The third kappa shape index (κ3) is 4.31. The highest BCUT2D eigenvalue weighted by Crippen LogP contribution is 2.15. The lowest BCUT2D eigenvalue weighted by Gasteiger charge is -2.07. The molecule has 0 aliphatic heterocycles. The monoisotopic (exact) mass is 343 g/mol. The molecule has 0 radical (unpaired) electrons. The molecule has 116 valence electrons. The highest BCUT2D eigenvalue weighted by molar-refractivity contribution is 7.12. The smallest absolute Gasteiger partial charge is 0.265 e. The van der Waals surface area contributed by atoms with E-state index in [4.69, 9.17) is 11.6 Å². The Bertz CT molecular complexity index is 771. The summed E-state index contributed by atoms with van der Waals surface area (Å²) >= 11 is 7.26. The molecule has 0 atom stereocenters. The average Bonchev–Trinajstić information content (AvgIpc) is 3.10. The van der Waals surface area contributed by atoms with Crippen LogP contribution in [0.5, 0.6) is 0 Å². The molecule has 0 saturated heterocycles. The van der Waals surface area contributed by atoms with E-state index in [0.29, 0.717) is 17.1 Å². The molecule has 0 fully saturated rings. The Balaban J connectivity index is 1.56. The van der Waals surface area contributed by atoms with Crippen LogP contribution in [0.3, 0.4) is 0 Å². The molecule has 3 rings (SSSR count). The van der Waals surface area contributed by atoms with Gasteiger partial charge in [0.15, 0.2) is 0 Å². The van der Waals surface area contributed by atoms with Gasteiger partial charge in [-0.15, -0.1) is 11.3 Å². The van der Waals surface area contributed by atoms with Crippen LogP contribution in [0.25, 0.3) is 0 Å². The van der Waals surface area contributed by atoms with Gasteiger partial charge in [-0.3, -0.25) is 4.79 Å². The van der Waals surface area contributed by atoms with Gasteiger partial charge in [0.25, 0.3) is 5.91 Å². The minimum atomic E-state index is -0.122. The second-order valence-corrected chi connectivity index (χ2v) is 6.23. The van der Waals surface area contributed by atoms with E-state index in [-0.39, 0.29) is 5.91 Å². The number of anilines is 2. The van der Waals surface area contributed by atoms with Crippen LogP contribution in [0.4, 0.5) is 11.5 Å². The number of aromatic nitrogens is 1. The van der Waals surface area contributed by atoms with Crippen LogP contribution in [-0.4, -0.2) is 10.9 Å². The molecule has 0 aliphatic rings. The predicted octanol–water partition coefficient (Wildman–Crippen LogP) is 4.66. The summed E-state index contributed by atoms with van der Waals surface area (Å²) in [5.41, 5.74) is 1.78. The number of pyridine rings is 1. The maximum absolute atomic E-state index is 11.9. The molecule has 1 aromatic carbocycles. The first-order valence-corrected chi connectivity index (χ1v) is 8.26. The van der Waals surface area contributed by atoms with Crippen LogP contribution in [-0.2, 0) is 6.54 Å². The molecule has 1 amide bonds. The maximum atomic E-state index is 11.9. The first kappa shape index (κ1) is 15.5. The van der Waals surface area contributed by atoms with Crippen molar-refractivity contribution >= 4 is 40.4 Å². The van der Waals surface area contributed by atoms with Crippen LogP contribution in [0.2, 0.25) is 5.02 Å². The number of carbonyl (C=O) groups is 1. The molecule has 3 aromatic rings. The lowest BCUT2D eigenvalue weighted by molar-refractivity contribution is 0.103. The summed E-state index contributed by atoms with van der Waals surface area (Å²) in [5.74, 6) is 0.623. The summed E-state index contributed by atoms with van der Waals surface area (Å²) in [6.07, 6.45) is 1.63. The summed E-state index contributed by atoms with van der Waals surface area (Å²) in [7, 11) is 0. The largest absolute Gasteiger partial charge is 0.366 e. The van der Waals surface area contributed by atoms with E-state index in [1.54, 1.807) is 12.3 Å². The molecule has 23 heavy (non-hydrogen) atoms. The van der Waals surface area contributed by atoms with Crippen molar-refractivity contribution in [3.63, 3.8) is 0 Å². The van der Waals surface area contributed by atoms with E-state index in [9.17, 15) is 4.79 Å². The lowest BCUT2D eigenvalue weighted by atomic mass is 10.2. The first-order valence-electron chi connectivity index (χ1n) is 7.00. The summed E-state index contributed by atoms with van der Waals surface area (Å²) in [5, 5.41) is 8.63. The molecule has 0 unspecified atom stereocenters. The quantitative estimate of drug-likeness (QED) is 0.708. The lowest BCUT2D eigenvalue weighted by Crippen LogP contribution is -2.10. The summed E-state index contributed by atoms with van der Waals surface area (Å²) in [6, 6.07) is 14.9. The van der Waals surface area contributed by atoms with Gasteiger partial charge >= 0.3 is 0 Å². The van der Waals surface area contributed by atoms with Crippen molar-refractivity contribution in [1.29, 1.82) is 0 Å². The molecular weight excluding hydrogens is 330 g/mol. The van der Waals surface area contributed by atoms with Crippen LogP contribution in [0.1, 0.15) is 15.2 Å². The van der Waals surface area contributed by atoms with Crippen molar-refractivity contribution < 1.29 is 4.79 Å². The summed E-state index contributed by atoms with van der Waals surface area (Å²) < 4.78 is 0. The normalized spacial score (nSPS) is 10.3. The minimum Gasteiger partial charge on any atom is -0.366 e. The van der Waals surface area contributed by atoms with Crippen molar-refractivity contribution in [1.82, 2.24) is 4.98 Å². The summed E-state index contributed by atoms with van der Waals surface area (Å²) in [4.78, 5) is 16.9. The fourth-order valence-corrected chi connectivity index (χ4v) is 2.71. The third-order valence-corrected chi connectivity index (χ3v) is 4.27. The fourth-order valence-electron chi connectivity index (χ4n) is 1.97. The second-order valence-electron chi connectivity index (χ2n) is 4.84. The van der Waals surface area contributed by atoms with E-state index in [1.165, 1.54) is 11.3 Å². The summed E-state index contributed by atoms with van der Waals surface area (Å²) in [6.45, 7) is 0.658. The maximum Gasteiger partial charge on any atom is 0.265 e. The van der Waals surface area contributed by atoms with Gasteiger partial charge in [0.2, 0.25) is 0 Å². The van der Waals surface area contributed by atoms with E-state index in [1.807, 2.05) is 47.8 Å². The van der Waals surface area contributed by atoms with Crippen LogP contribution < -0.4 is 10.6 Å². The van der Waals surface area contributed by atoms with Crippen molar-refractivity contribution in [2.45, 2.75) is 6.54 Å². The molecule has 4 nitrogen and oxygen atoms in total. The molecule has 0 spiro atoms. The highest BCUT2D eigenvalue weighted by atomic mass is 35.5. The Morgan fingerprint density at radius 3 is 2.61 bits per heavy atom. The first-order chi connectivity index (χ1) is 11.2. The predicted molar refractivity (Wildman–Crippen MR) is 95.3 cm³/mol. The van der Waals surface area contributed by atoms with E-state index in [2.05, 4.69) is 15.6 Å². The number of hydrogen-bond donors (Lipinski definition) is 2. The van der Waals surface area contributed by atoms with E-state index >= 15 is 0 Å². The van der Waals surface area contributed by atoms with E-state index < -0.39 is 0 Å². The number of carbonyl (C=O) groups excluding carboxylic acids is 1. The minimum absolute atomic E-state index is 0.122. The standard InChI is InChI=1S/C17H14ClN3OS/c18-13-5-3-12(4-6-13)10-19-16-8-7-14(11-20-16)21-17(22)15-2-1-9-23-15/h1-9,11H,10H2,(H,19,20)(H,21,22). The second kappa shape index (κ2) is 7.26. The number of rotatable bonds is 5. The number of amides is 1. The Kier molecular flexibility index (Phi) is 4.90. The molecule has 6 heteroatoms. The van der Waals surface area contributed by atoms with Crippen molar-refractivity contribution in [3.05, 3.63) is 75.6 Å². The van der Waals surface area contributed by atoms with Gasteiger partial charge in [-0.25, -0.2) is 4.98 Å². The van der Waals surface area contributed by atoms with Crippen molar-refractivity contribution in [2.75, 3.05) is 10.6 Å². The van der Waals surface area contributed by atoms with Crippen LogP contribution in [0.15, 0.2) is 60.1 Å². The molecule has 2 N–H and O–H groups in total. The van der Waals surface area contributed by atoms with Crippen LogP contribution >= 0.6 is 22.9 Å². The number of benzene rings is 1. The molecular formula is C17H14ClN3OS. The molecule has 0 bridgehead atoms. The zero-order chi connectivity index (χ0) is 16.1. The zero-order valence-electron chi connectivity index (χ0n) is 12.1. The van der Waals surface area contributed by atoms with Gasteiger partial charge in [0.05, 0.1) is 16.8 Å². The molecule has 0 aliphatic carbocycles. The highest BCUT2D eigenvalue weighted by Gasteiger charge is 2.06. The number of thiophene rings is 1. The van der Waals surface area contributed by atoms with Gasteiger partial charge in [-0.2, -0.15) is 0 Å². The van der Waals surface area contributed by atoms with Crippen LogP contribution in [0, 0.1) is 0 Å². The van der Waals surface area contributed by atoms with Gasteiger partial charge in [0, 0.05) is 11.6 Å². The van der Waals surface area contributed by atoms with Gasteiger partial charge < -0.3 is 10.6 Å². The Morgan fingerprint density at radius 2 is 1.96 bits per heavy atom. The number of hydrogen-bond acceptors (Lipinski definition) is 4. The number of nitrogens with zero attached hydrogens (tertiary/aromatic N) is 1. The molecule has 0 saturated carbocycles. The molecule has 2 aromatic heterocycles. The Hall–Kier alpha value is -2.37. The third-order valence-electron chi connectivity index (χ3n) is 3.15. The van der Waals surface area contributed by atoms with Gasteiger partial charge in [-0.1, -0.05) is 29.8 Å². The van der Waals surface area contributed by atoms with Gasteiger partial charge in [-0.05, 0) is 41.3 Å². The van der Waals surface area contributed by atoms with E-state index in [0.717, 1.165) is 16.4 Å². The zero-order valence-corrected chi connectivity index (χ0v) is 13.7. The molecule has 2 heterocycles. The van der Waals surface area contributed by atoms with Gasteiger partial charge in [0.1, 0.15) is 5.82 Å². The SMILES string of the molecule is O=C(Nc1ccc(NCc2ccc(Cl)cc2)nc1)c1cccs1. The number of nitrogens with one attached hydrogen (secondary N) is 2. The Morgan fingerprint density at radius 1 is 1.13 bits per heavy atom. The average molecular weight is 344 g/mol. The topological polar surface area (TPSA) is 54.0 Å². The fraction of sp³-hybridized carbons (Fsp3) is 0.0588. The van der Waals surface area contributed by atoms with Crippen molar-refractivity contribution in [2.24, 2.45) is 0 Å². The Labute approximate surface area is 143 Å². The number of halogens is 1.